The predicted octanol–water partition coefficient (Wildman–Crippen LogP) is 4.14. The van der Waals surface area contributed by atoms with Crippen molar-refractivity contribution >= 4 is 37.8 Å². The number of rotatable bonds is 3. The second-order valence-electron chi connectivity index (χ2n) is 5.10. The smallest absolute Gasteiger partial charge is 0.0159 e. The molecule has 2 rings (SSSR count). The van der Waals surface area contributed by atoms with Gasteiger partial charge in [-0.2, -0.15) is 0 Å². The molecule has 1 aliphatic rings. The molecule has 1 aromatic heterocycles. The van der Waals surface area contributed by atoms with E-state index in [0.717, 1.165) is 5.92 Å². The lowest BCUT2D eigenvalue weighted by atomic mass is 10.1. The third-order valence-electron chi connectivity index (χ3n) is 3.43. The molecule has 0 radical (unpaired) electrons. The largest absolute Gasteiger partial charge is 0.147 e. The van der Waals surface area contributed by atoms with Crippen LogP contribution in [-0.4, -0.2) is 26.7 Å². The quantitative estimate of drug-likeness (QED) is 0.725. The third kappa shape index (κ3) is 2.53. The van der Waals surface area contributed by atoms with Gasteiger partial charge in [0.1, 0.15) is 0 Å². The molecule has 0 unspecified atom stereocenters. The summed E-state index contributed by atoms with van der Waals surface area (Å²) < 4.78 is 0. The Morgan fingerprint density at radius 3 is 2.19 bits per heavy atom. The molecular formula is C13H22P2S. The van der Waals surface area contributed by atoms with Crippen molar-refractivity contribution in [2.24, 2.45) is 0 Å². The van der Waals surface area contributed by atoms with Gasteiger partial charge < -0.3 is 0 Å². The molecule has 0 amide bonds. The maximum atomic E-state index is 2.47. The fourth-order valence-electron chi connectivity index (χ4n) is 2.60. The van der Waals surface area contributed by atoms with Crippen molar-refractivity contribution in [3.05, 3.63) is 10.3 Å². The van der Waals surface area contributed by atoms with Crippen molar-refractivity contribution < 1.29 is 0 Å². The first-order chi connectivity index (χ1) is 7.61. The van der Waals surface area contributed by atoms with Gasteiger partial charge in [0.15, 0.2) is 0 Å². The maximum absolute atomic E-state index is 2.47. The van der Waals surface area contributed by atoms with Crippen LogP contribution in [0, 0.1) is 0 Å². The number of hydrogen-bond donors (Lipinski definition) is 0. The van der Waals surface area contributed by atoms with Gasteiger partial charge in [0.2, 0.25) is 0 Å². The van der Waals surface area contributed by atoms with Gasteiger partial charge in [-0.1, -0.05) is 28.7 Å². The molecule has 0 nitrogen and oxygen atoms in total. The number of hydrogen-bond acceptors (Lipinski definition) is 1. The van der Waals surface area contributed by atoms with Crippen molar-refractivity contribution in [1.82, 2.24) is 0 Å². The SMILES string of the molecule is CP(C)c1csc(C2CCCC2)c1P(C)C. The highest BCUT2D eigenvalue weighted by molar-refractivity contribution is 7.71. The van der Waals surface area contributed by atoms with Crippen LogP contribution in [0.25, 0.3) is 0 Å². The Hall–Kier alpha value is 0.560. The minimum absolute atomic E-state index is 0.0779. The monoisotopic (exact) mass is 272 g/mol. The molecule has 1 heterocycles. The van der Waals surface area contributed by atoms with Gasteiger partial charge in [-0.15, -0.1) is 11.3 Å². The highest BCUT2D eigenvalue weighted by Crippen LogP contribution is 2.42. The van der Waals surface area contributed by atoms with Gasteiger partial charge in [0.25, 0.3) is 0 Å². The van der Waals surface area contributed by atoms with Crippen LogP contribution in [0.1, 0.15) is 36.5 Å². The van der Waals surface area contributed by atoms with Gasteiger partial charge in [-0.3, -0.25) is 0 Å². The second-order valence-corrected chi connectivity index (χ2v) is 10.5. The average Bonchev–Trinajstić information content (AvgIpc) is 2.85. The Kier molecular flexibility index (Phi) is 4.44. The van der Waals surface area contributed by atoms with Crippen LogP contribution in [-0.2, 0) is 0 Å². The van der Waals surface area contributed by atoms with Crippen LogP contribution in [0.5, 0.6) is 0 Å². The van der Waals surface area contributed by atoms with E-state index in [-0.39, 0.29) is 15.8 Å². The van der Waals surface area contributed by atoms with Crippen LogP contribution in [0.3, 0.4) is 0 Å². The van der Waals surface area contributed by atoms with E-state index in [9.17, 15) is 0 Å². The van der Waals surface area contributed by atoms with Crippen molar-refractivity contribution in [2.45, 2.75) is 31.6 Å². The van der Waals surface area contributed by atoms with E-state index in [2.05, 4.69) is 43.4 Å². The zero-order valence-corrected chi connectivity index (χ0v) is 13.4. The summed E-state index contributed by atoms with van der Waals surface area (Å²) in [5.41, 5.74) is 0. The Morgan fingerprint density at radius 1 is 1.06 bits per heavy atom. The van der Waals surface area contributed by atoms with Crippen molar-refractivity contribution in [1.29, 1.82) is 0 Å². The Bertz CT molecular complexity index is 349. The van der Waals surface area contributed by atoms with Gasteiger partial charge in [-0.05, 0) is 61.4 Å². The van der Waals surface area contributed by atoms with E-state index in [1.165, 1.54) is 25.7 Å². The first kappa shape index (κ1) is 13.0. The molecule has 0 saturated heterocycles. The van der Waals surface area contributed by atoms with Crippen LogP contribution >= 0.6 is 27.2 Å². The fraction of sp³-hybridized carbons (Fsp3) is 0.692. The summed E-state index contributed by atoms with van der Waals surface area (Å²) in [7, 11) is 0.162. The van der Waals surface area contributed by atoms with E-state index in [1.54, 1.807) is 15.5 Å². The summed E-state index contributed by atoms with van der Waals surface area (Å²) in [4.78, 5) is 1.76. The molecule has 0 N–H and O–H groups in total. The Labute approximate surface area is 106 Å². The molecular weight excluding hydrogens is 250 g/mol. The Morgan fingerprint density at radius 2 is 1.69 bits per heavy atom. The first-order valence-corrected chi connectivity index (χ1v) is 11.4. The van der Waals surface area contributed by atoms with Crippen molar-refractivity contribution in [2.75, 3.05) is 26.7 Å². The topological polar surface area (TPSA) is 0 Å². The Balaban J connectivity index is 2.37. The summed E-state index contributed by atoms with van der Waals surface area (Å²) in [6.07, 6.45) is 5.80. The van der Waals surface area contributed by atoms with E-state index in [1.807, 2.05) is 0 Å². The molecule has 90 valence electrons. The molecule has 0 aromatic carbocycles. The van der Waals surface area contributed by atoms with Gasteiger partial charge in [-0.25, -0.2) is 0 Å². The molecule has 1 aliphatic carbocycles. The second kappa shape index (κ2) is 5.47. The van der Waals surface area contributed by atoms with E-state index in [0.29, 0.717) is 0 Å². The molecule has 3 heteroatoms. The minimum atomic E-state index is 0.0779. The molecule has 1 fully saturated rings. The summed E-state index contributed by atoms with van der Waals surface area (Å²) in [5.74, 6) is 0.911. The van der Waals surface area contributed by atoms with E-state index >= 15 is 0 Å². The molecule has 16 heavy (non-hydrogen) atoms. The highest BCUT2D eigenvalue weighted by atomic mass is 32.1. The van der Waals surface area contributed by atoms with Gasteiger partial charge in [0, 0.05) is 4.88 Å². The van der Waals surface area contributed by atoms with E-state index < -0.39 is 0 Å². The van der Waals surface area contributed by atoms with Crippen LogP contribution in [0.15, 0.2) is 5.38 Å². The van der Waals surface area contributed by atoms with Crippen molar-refractivity contribution in [3.63, 3.8) is 0 Å². The average molecular weight is 272 g/mol. The maximum Gasteiger partial charge on any atom is 0.0159 e. The zero-order valence-electron chi connectivity index (χ0n) is 10.8. The van der Waals surface area contributed by atoms with Gasteiger partial charge >= 0.3 is 0 Å². The van der Waals surface area contributed by atoms with Crippen LogP contribution < -0.4 is 10.6 Å². The first-order valence-electron chi connectivity index (χ1n) is 6.07. The third-order valence-corrected chi connectivity index (χ3v) is 7.77. The van der Waals surface area contributed by atoms with Crippen molar-refractivity contribution in [3.8, 4) is 0 Å². The summed E-state index contributed by atoms with van der Waals surface area (Å²) in [6.45, 7) is 9.66. The summed E-state index contributed by atoms with van der Waals surface area (Å²) in [5, 5.41) is 5.96. The normalized spacial score (nSPS) is 17.9. The van der Waals surface area contributed by atoms with Gasteiger partial charge in [0.05, 0.1) is 0 Å². The van der Waals surface area contributed by atoms with Crippen LogP contribution in [0.2, 0.25) is 0 Å². The summed E-state index contributed by atoms with van der Waals surface area (Å²) in [6, 6.07) is 0. The lowest BCUT2D eigenvalue weighted by Gasteiger charge is -2.17. The zero-order chi connectivity index (χ0) is 11.7. The molecule has 0 atom stereocenters. The predicted molar refractivity (Wildman–Crippen MR) is 82.3 cm³/mol. The van der Waals surface area contributed by atoms with E-state index in [4.69, 9.17) is 0 Å². The lowest BCUT2D eigenvalue weighted by molar-refractivity contribution is 0.742. The lowest BCUT2D eigenvalue weighted by Crippen LogP contribution is -2.20. The highest BCUT2D eigenvalue weighted by Gasteiger charge is 2.25. The molecule has 1 aromatic rings. The summed E-state index contributed by atoms with van der Waals surface area (Å²) >= 11 is 2.06. The fourth-order valence-corrected chi connectivity index (χ4v) is 8.37. The van der Waals surface area contributed by atoms with Crippen LogP contribution in [0.4, 0.5) is 0 Å². The standard InChI is InChI=1S/C13H22P2S/c1-14(2)11-9-16-13(12(11)15(3)4)10-7-5-6-8-10/h9-10H,5-8H2,1-4H3. The number of thiophene rings is 1. The minimum Gasteiger partial charge on any atom is -0.147 e. The molecule has 0 bridgehead atoms. The molecule has 0 spiro atoms. The molecule has 1 saturated carbocycles. The molecule has 0 aliphatic heterocycles.